The zero-order valence-electron chi connectivity index (χ0n) is 18.5. The summed E-state index contributed by atoms with van der Waals surface area (Å²) < 4.78 is 2.84. The van der Waals surface area contributed by atoms with Crippen LogP contribution in [0.25, 0.3) is 0 Å². The summed E-state index contributed by atoms with van der Waals surface area (Å²) in [5, 5.41) is 8.48. The van der Waals surface area contributed by atoms with Gasteiger partial charge in [0.2, 0.25) is 9.70 Å². The fraction of sp³-hybridized carbons (Fsp3) is 0.160. The van der Waals surface area contributed by atoms with Crippen molar-refractivity contribution in [1.82, 2.24) is 10.6 Å². The lowest BCUT2D eigenvalue weighted by Crippen LogP contribution is -2.57. The molecule has 0 spiro atoms. The molecule has 0 heterocycles. The van der Waals surface area contributed by atoms with Crippen LogP contribution in [0.5, 0.6) is 0 Å². The second kappa shape index (κ2) is 12.2. The van der Waals surface area contributed by atoms with E-state index in [2.05, 4.69) is 16.0 Å². The third-order valence-corrected chi connectivity index (χ3v) is 5.87. The molecule has 0 aliphatic rings. The summed E-state index contributed by atoms with van der Waals surface area (Å²) in [6, 6.07) is 25.2. The second-order valence-corrected chi connectivity index (χ2v) is 10.2. The first-order valence-electron chi connectivity index (χ1n) is 10.4. The number of alkyl halides is 3. The standard InChI is InChI=1S/C25H22Cl3N3O3S/c1-34-22(33)18-14-8-9-15-19(18)29-24(35)31-23(25(26,27)28)30-21(32)20(16-10-4-2-5-11-16)17-12-6-3-7-13-17/h2-15,20,23H,1H3,(H,30,32)(H2,29,31,35)/t23-/m1/s1. The Balaban J connectivity index is 1.82. The van der Waals surface area contributed by atoms with E-state index in [0.717, 1.165) is 11.1 Å². The van der Waals surface area contributed by atoms with Gasteiger partial charge in [-0.1, -0.05) is 108 Å². The minimum Gasteiger partial charge on any atom is -0.465 e. The number of ether oxygens (including phenoxy) is 1. The summed E-state index contributed by atoms with van der Waals surface area (Å²) in [7, 11) is 1.28. The van der Waals surface area contributed by atoms with Crippen molar-refractivity contribution in [3.8, 4) is 0 Å². The lowest BCUT2D eigenvalue weighted by Gasteiger charge is -2.30. The predicted molar refractivity (Wildman–Crippen MR) is 144 cm³/mol. The Morgan fingerprint density at radius 2 is 1.34 bits per heavy atom. The number of para-hydroxylation sites is 1. The molecule has 10 heteroatoms. The number of halogens is 3. The smallest absolute Gasteiger partial charge is 0.339 e. The van der Waals surface area contributed by atoms with Crippen LogP contribution in [0.15, 0.2) is 84.9 Å². The molecule has 35 heavy (non-hydrogen) atoms. The van der Waals surface area contributed by atoms with E-state index in [1.54, 1.807) is 24.3 Å². The van der Waals surface area contributed by atoms with Gasteiger partial charge < -0.3 is 20.7 Å². The molecule has 0 saturated carbocycles. The van der Waals surface area contributed by atoms with E-state index >= 15 is 0 Å². The average molecular weight is 551 g/mol. The van der Waals surface area contributed by atoms with Crippen molar-refractivity contribution in [3.05, 3.63) is 102 Å². The number of hydrogen-bond donors (Lipinski definition) is 3. The van der Waals surface area contributed by atoms with E-state index in [1.807, 2.05) is 60.7 Å². The zero-order chi connectivity index (χ0) is 25.4. The van der Waals surface area contributed by atoms with Gasteiger partial charge in [-0.15, -0.1) is 0 Å². The van der Waals surface area contributed by atoms with Crippen LogP contribution in [0.3, 0.4) is 0 Å². The molecular formula is C25H22Cl3N3O3S. The number of methoxy groups -OCH3 is 1. The molecule has 0 aromatic heterocycles. The summed E-state index contributed by atoms with van der Waals surface area (Å²) in [4.78, 5) is 25.5. The summed E-state index contributed by atoms with van der Waals surface area (Å²) in [5.74, 6) is -1.60. The molecule has 0 fully saturated rings. The first-order valence-corrected chi connectivity index (χ1v) is 12.0. The van der Waals surface area contributed by atoms with Crippen LogP contribution in [-0.2, 0) is 9.53 Å². The highest BCUT2D eigenvalue weighted by Crippen LogP contribution is 2.31. The second-order valence-electron chi connectivity index (χ2n) is 7.37. The molecule has 0 aliphatic carbocycles. The van der Waals surface area contributed by atoms with Crippen molar-refractivity contribution in [3.63, 3.8) is 0 Å². The number of hydrogen-bond acceptors (Lipinski definition) is 4. The van der Waals surface area contributed by atoms with Gasteiger partial charge in [0.15, 0.2) is 5.11 Å². The van der Waals surface area contributed by atoms with E-state index < -0.39 is 27.8 Å². The van der Waals surface area contributed by atoms with Crippen LogP contribution in [0.2, 0.25) is 0 Å². The molecule has 0 aliphatic heterocycles. The van der Waals surface area contributed by atoms with Gasteiger partial charge in [-0.25, -0.2) is 4.79 Å². The van der Waals surface area contributed by atoms with Crippen molar-refractivity contribution in [2.24, 2.45) is 0 Å². The Morgan fingerprint density at radius 3 is 1.86 bits per heavy atom. The van der Waals surface area contributed by atoms with E-state index in [1.165, 1.54) is 7.11 Å². The van der Waals surface area contributed by atoms with E-state index in [-0.39, 0.29) is 10.7 Å². The Labute approximate surface area is 223 Å². The number of amides is 1. The van der Waals surface area contributed by atoms with Crippen molar-refractivity contribution < 1.29 is 14.3 Å². The van der Waals surface area contributed by atoms with Crippen molar-refractivity contribution >= 4 is 69.7 Å². The molecule has 1 atom stereocenters. The van der Waals surface area contributed by atoms with Gasteiger partial charge in [-0.3, -0.25) is 4.79 Å². The molecular weight excluding hydrogens is 529 g/mol. The number of rotatable bonds is 7. The topological polar surface area (TPSA) is 79.5 Å². The maximum Gasteiger partial charge on any atom is 0.339 e. The van der Waals surface area contributed by atoms with E-state index in [9.17, 15) is 9.59 Å². The molecule has 1 amide bonds. The van der Waals surface area contributed by atoms with Crippen LogP contribution < -0.4 is 16.0 Å². The summed E-state index contributed by atoms with van der Waals surface area (Å²) in [6.45, 7) is 0. The van der Waals surface area contributed by atoms with Crippen LogP contribution in [0, 0.1) is 0 Å². The summed E-state index contributed by atoms with van der Waals surface area (Å²) in [6.07, 6.45) is -1.19. The van der Waals surface area contributed by atoms with Crippen molar-refractivity contribution in [2.45, 2.75) is 15.9 Å². The van der Waals surface area contributed by atoms with E-state index in [4.69, 9.17) is 51.8 Å². The number of carbonyl (C=O) groups is 2. The normalized spacial score (nSPS) is 11.9. The summed E-state index contributed by atoms with van der Waals surface area (Å²) >= 11 is 23.9. The largest absolute Gasteiger partial charge is 0.465 e. The highest BCUT2D eigenvalue weighted by molar-refractivity contribution is 7.80. The zero-order valence-corrected chi connectivity index (χ0v) is 21.6. The van der Waals surface area contributed by atoms with Gasteiger partial charge in [0.1, 0.15) is 6.17 Å². The summed E-state index contributed by atoms with van der Waals surface area (Å²) in [5.41, 5.74) is 2.19. The van der Waals surface area contributed by atoms with Gasteiger partial charge in [-0.05, 0) is 35.5 Å². The highest BCUT2D eigenvalue weighted by atomic mass is 35.6. The van der Waals surface area contributed by atoms with Crippen LogP contribution >= 0.6 is 47.0 Å². The van der Waals surface area contributed by atoms with Gasteiger partial charge in [0.25, 0.3) is 0 Å². The number of nitrogens with one attached hydrogen (secondary N) is 3. The number of esters is 1. The van der Waals surface area contributed by atoms with Crippen LogP contribution in [0.4, 0.5) is 5.69 Å². The maximum absolute atomic E-state index is 13.5. The van der Waals surface area contributed by atoms with Crippen molar-refractivity contribution in [1.29, 1.82) is 0 Å². The van der Waals surface area contributed by atoms with Gasteiger partial charge in [0.05, 0.1) is 24.3 Å². The quantitative estimate of drug-likeness (QED) is 0.158. The molecule has 3 N–H and O–H groups in total. The number of carbonyl (C=O) groups excluding carboxylic acids is 2. The van der Waals surface area contributed by atoms with Crippen LogP contribution in [-0.4, -0.2) is 34.1 Å². The Hall–Kier alpha value is -2.84. The van der Waals surface area contributed by atoms with Gasteiger partial charge in [0, 0.05) is 0 Å². The molecule has 0 bridgehead atoms. The minimum atomic E-state index is -1.96. The SMILES string of the molecule is COC(=O)c1ccccc1NC(=S)N[C@@H](NC(=O)C(c1ccccc1)c1ccccc1)C(Cl)(Cl)Cl. The lowest BCUT2D eigenvalue weighted by molar-refractivity contribution is -0.122. The fourth-order valence-corrected chi connectivity index (χ4v) is 3.94. The average Bonchev–Trinajstić information content (AvgIpc) is 2.84. The van der Waals surface area contributed by atoms with Crippen LogP contribution in [0.1, 0.15) is 27.4 Å². The molecule has 0 radical (unpaired) electrons. The highest BCUT2D eigenvalue weighted by Gasteiger charge is 2.36. The first-order chi connectivity index (χ1) is 16.7. The molecule has 182 valence electrons. The Kier molecular flexibility index (Phi) is 9.34. The monoisotopic (exact) mass is 549 g/mol. The van der Waals surface area contributed by atoms with Gasteiger partial charge in [-0.2, -0.15) is 0 Å². The first kappa shape index (κ1) is 26.8. The fourth-order valence-electron chi connectivity index (χ4n) is 3.38. The number of thiocarbonyl (C=S) groups is 1. The lowest BCUT2D eigenvalue weighted by atomic mass is 9.90. The van der Waals surface area contributed by atoms with E-state index in [0.29, 0.717) is 5.69 Å². The molecule has 3 aromatic carbocycles. The van der Waals surface area contributed by atoms with Gasteiger partial charge >= 0.3 is 5.97 Å². The molecule has 3 rings (SSSR count). The van der Waals surface area contributed by atoms with Crippen molar-refractivity contribution in [2.75, 3.05) is 12.4 Å². The molecule has 6 nitrogen and oxygen atoms in total. The molecule has 0 saturated heterocycles. The Morgan fingerprint density at radius 1 is 0.829 bits per heavy atom. The maximum atomic E-state index is 13.5. The minimum absolute atomic E-state index is 0.0222. The number of benzene rings is 3. The number of anilines is 1. The molecule has 0 unspecified atom stereocenters. The third-order valence-electron chi connectivity index (χ3n) is 5.00. The third kappa shape index (κ3) is 7.32. The molecule has 3 aromatic rings. The predicted octanol–water partition coefficient (Wildman–Crippen LogP) is 5.40. The Bertz CT molecular complexity index is 1140.